The lowest BCUT2D eigenvalue weighted by Crippen LogP contribution is -2.50. The summed E-state index contributed by atoms with van der Waals surface area (Å²) in [4.78, 5) is 23.5. The molecule has 0 aliphatic carbocycles. The predicted octanol–water partition coefficient (Wildman–Crippen LogP) is 4.19. The van der Waals surface area contributed by atoms with Crippen molar-refractivity contribution in [1.82, 2.24) is 15.1 Å². The molecule has 1 atom stereocenters. The first-order valence-electron chi connectivity index (χ1n) is 11.8. The molecule has 0 saturated heterocycles. The molecule has 2 heterocycles. The van der Waals surface area contributed by atoms with E-state index in [1.54, 1.807) is 34.6 Å². The zero-order chi connectivity index (χ0) is 28.6. The van der Waals surface area contributed by atoms with E-state index in [4.69, 9.17) is 9.47 Å². The van der Waals surface area contributed by atoms with Crippen LogP contribution in [0.15, 0.2) is 29.3 Å². The molecule has 1 unspecified atom stereocenters. The topological polar surface area (TPSA) is 132 Å². The standard InChI is InChI=1S/C24H33F2N5O6S/c1-14-20(12-27-31(14)21(25)26)38(34,35)30-13-17(11-24(6,7)29-15(2)32)36-19-9-8-16(10-18(19)30)28-22(33)37-23(3,4)5/h8-10,12,17,21H,11,13H2,1-7H3,(H,28,33)(H,29,32). The molecule has 210 valence electrons. The number of sulfonamides is 1. The summed E-state index contributed by atoms with van der Waals surface area (Å²) in [6, 6.07) is 4.42. The van der Waals surface area contributed by atoms with Crippen molar-refractivity contribution >= 4 is 33.4 Å². The molecule has 14 heteroatoms. The lowest BCUT2D eigenvalue weighted by Gasteiger charge is -2.38. The Balaban J connectivity index is 2.04. The Morgan fingerprint density at radius 3 is 2.45 bits per heavy atom. The van der Waals surface area contributed by atoms with Gasteiger partial charge in [-0.15, -0.1) is 0 Å². The van der Waals surface area contributed by atoms with E-state index in [0.717, 1.165) is 10.5 Å². The number of nitrogens with zero attached hydrogens (tertiary/aromatic N) is 3. The minimum absolute atomic E-state index is 0.0938. The Morgan fingerprint density at radius 2 is 1.89 bits per heavy atom. The van der Waals surface area contributed by atoms with E-state index in [-0.39, 0.29) is 41.7 Å². The van der Waals surface area contributed by atoms with E-state index >= 15 is 0 Å². The van der Waals surface area contributed by atoms with Gasteiger partial charge in [-0.3, -0.25) is 14.4 Å². The highest BCUT2D eigenvalue weighted by molar-refractivity contribution is 7.92. The summed E-state index contributed by atoms with van der Waals surface area (Å²) in [6.45, 7) is 8.06. The molecule has 38 heavy (non-hydrogen) atoms. The van der Waals surface area contributed by atoms with E-state index in [0.29, 0.717) is 4.68 Å². The number of alkyl halides is 2. The molecule has 0 fully saturated rings. The number of carbonyl (C=O) groups is 2. The van der Waals surface area contributed by atoms with Crippen LogP contribution in [0.2, 0.25) is 0 Å². The highest BCUT2D eigenvalue weighted by Crippen LogP contribution is 2.41. The van der Waals surface area contributed by atoms with Crippen LogP contribution in [0.4, 0.5) is 25.0 Å². The van der Waals surface area contributed by atoms with Crippen molar-refractivity contribution in [3.8, 4) is 5.75 Å². The highest BCUT2D eigenvalue weighted by atomic mass is 32.2. The van der Waals surface area contributed by atoms with Gasteiger partial charge in [-0.1, -0.05) is 0 Å². The van der Waals surface area contributed by atoms with Crippen molar-refractivity contribution in [3.63, 3.8) is 0 Å². The molecule has 2 amide bonds. The van der Waals surface area contributed by atoms with E-state index in [1.807, 2.05) is 0 Å². The van der Waals surface area contributed by atoms with Gasteiger partial charge in [0.2, 0.25) is 5.91 Å². The van der Waals surface area contributed by atoms with Gasteiger partial charge in [0.05, 0.1) is 24.1 Å². The number of hydrogen-bond acceptors (Lipinski definition) is 7. The number of benzene rings is 1. The number of ether oxygens (including phenoxy) is 2. The van der Waals surface area contributed by atoms with Crippen molar-refractivity contribution in [2.24, 2.45) is 0 Å². The van der Waals surface area contributed by atoms with Gasteiger partial charge in [-0.2, -0.15) is 13.9 Å². The average molecular weight is 558 g/mol. The third-order valence-electron chi connectivity index (χ3n) is 5.54. The predicted molar refractivity (Wildman–Crippen MR) is 136 cm³/mol. The Bertz CT molecular complexity index is 1320. The number of fused-ring (bicyclic) bond motifs is 1. The number of hydrogen-bond donors (Lipinski definition) is 2. The Hall–Kier alpha value is -3.42. The Labute approximate surface area is 220 Å². The molecule has 1 aromatic carbocycles. The molecule has 11 nitrogen and oxygen atoms in total. The van der Waals surface area contributed by atoms with Crippen molar-refractivity contribution in [2.45, 2.75) is 83.6 Å². The van der Waals surface area contributed by atoms with Crippen LogP contribution in [0, 0.1) is 6.92 Å². The minimum atomic E-state index is -4.40. The third-order valence-corrected chi connectivity index (χ3v) is 7.42. The maximum atomic E-state index is 13.8. The number of rotatable bonds is 7. The number of nitrogens with one attached hydrogen (secondary N) is 2. The summed E-state index contributed by atoms with van der Waals surface area (Å²) in [6.07, 6.45) is -0.321. The molecule has 1 aliphatic rings. The number of halogens is 2. The van der Waals surface area contributed by atoms with Crippen LogP contribution in [0.3, 0.4) is 0 Å². The van der Waals surface area contributed by atoms with Crippen molar-refractivity contribution < 1.29 is 36.3 Å². The van der Waals surface area contributed by atoms with Gasteiger partial charge in [-0.25, -0.2) is 17.9 Å². The van der Waals surface area contributed by atoms with Crippen molar-refractivity contribution in [3.05, 3.63) is 30.1 Å². The lowest BCUT2D eigenvalue weighted by atomic mass is 9.95. The first-order chi connectivity index (χ1) is 17.4. The van der Waals surface area contributed by atoms with Crippen LogP contribution >= 0.6 is 0 Å². The van der Waals surface area contributed by atoms with Crippen LogP contribution in [0.5, 0.6) is 5.75 Å². The SMILES string of the molecule is CC(=O)NC(C)(C)CC1CN(S(=O)(=O)c2cnn(C(F)F)c2C)c2cc(NC(=O)OC(C)(C)C)ccc2O1. The van der Waals surface area contributed by atoms with Crippen LogP contribution in [-0.2, 0) is 19.6 Å². The van der Waals surface area contributed by atoms with Crippen LogP contribution < -0.4 is 19.7 Å². The molecule has 0 spiro atoms. The fourth-order valence-electron chi connectivity index (χ4n) is 4.22. The smallest absolute Gasteiger partial charge is 0.412 e. The summed E-state index contributed by atoms with van der Waals surface area (Å²) < 4.78 is 67.0. The average Bonchev–Trinajstić information content (AvgIpc) is 3.13. The van der Waals surface area contributed by atoms with Gasteiger partial charge in [-0.05, 0) is 59.7 Å². The highest BCUT2D eigenvalue weighted by Gasteiger charge is 2.39. The van der Waals surface area contributed by atoms with Crippen LogP contribution in [-0.4, -0.2) is 54.0 Å². The van der Waals surface area contributed by atoms with Crippen LogP contribution in [0.25, 0.3) is 0 Å². The zero-order valence-electron chi connectivity index (χ0n) is 22.3. The molecule has 1 aliphatic heterocycles. The summed E-state index contributed by atoms with van der Waals surface area (Å²) in [5, 5.41) is 8.91. The van der Waals surface area contributed by atoms with E-state index in [9.17, 15) is 26.8 Å². The monoisotopic (exact) mass is 557 g/mol. The van der Waals surface area contributed by atoms with Gasteiger partial charge in [0, 0.05) is 24.6 Å². The number of anilines is 2. The quantitative estimate of drug-likeness (QED) is 0.522. The van der Waals surface area contributed by atoms with E-state index in [1.165, 1.54) is 32.0 Å². The van der Waals surface area contributed by atoms with Gasteiger partial charge in [0.15, 0.2) is 0 Å². The van der Waals surface area contributed by atoms with Gasteiger partial charge in [0.1, 0.15) is 22.4 Å². The fraction of sp³-hybridized carbons (Fsp3) is 0.542. The van der Waals surface area contributed by atoms with E-state index < -0.39 is 44.8 Å². The van der Waals surface area contributed by atoms with Gasteiger partial charge in [0.25, 0.3) is 10.0 Å². The molecule has 1 aromatic heterocycles. The summed E-state index contributed by atoms with van der Waals surface area (Å²) >= 11 is 0. The maximum Gasteiger partial charge on any atom is 0.412 e. The second-order valence-electron chi connectivity index (χ2n) is 10.7. The third kappa shape index (κ3) is 6.71. The lowest BCUT2D eigenvalue weighted by molar-refractivity contribution is -0.120. The van der Waals surface area contributed by atoms with Gasteiger partial charge < -0.3 is 14.8 Å². The Morgan fingerprint density at radius 1 is 1.24 bits per heavy atom. The van der Waals surface area contributed by atoms with Crippen molar-refractivity contribution in [2.75, 3.05) is 16.2 Å². The molecule has 0 saturated carbocycles. The molecular weight excluding hydrogens is 524 g/mol. The molecule has 3 rings (SSSR count). The maximum absolute atomic E-state index is 13.8. The summed E-state index contributed by atoms with van der Waals surface area (Å²) in [7, 11) is -4.40. The number of amides is 2. The fourth-order valence-corrected chi connectivity index (χ4v) is 5.87. The molecule has 2 N–H and O–H groups in total. The second-order valence-corrected chi connectivity index (χ2v) is 12.5. The summed E-state index contributed by atoms with van der Waals surface area (Å²) in [5.74, 6) is -0.0688. The molecule has 2 aromatic rings. The normalized spacial score (nSPS) is 16.1. The first kappa shape index (κ1) is 29.1. The van der Waals surface area contributed by atoms with Crippen molar-refractivity contribution in [1.29, 1.82) is 0 Å². The number of aromatic nitrogens is 2. The first-order valence-corrected chi connectivity index (χ1v) is 13.3. The second kappa shape index (κ2) is 10.4. The van der Waals surface area contributed by atoms with E-state index in [2.05, 4.69) is 15.7 Å². The number of carbonyl (C=O) groups excluding carboxylic acids is 2. The van der Waals surface area contributed by atoms with Gasteiger partial charge >= 0.3 is 12.6 Å². The van der Waals surface area contributed by atoms with Crippen LogP contribution in [0.1, 0.15) is 60.2 Å². The molecule has 0 bridgehead atoms. The Kier molecular flexibility index (Phi) is 7.97. The largest absolute Gasteiger partial charge is 0.486 e. The minimum Gasteiger partial charge on any atom is -0.486 e. The zero-order valence-corrected chi connectivity index (χ0v) is 23.2. The molecular formula is C24H33F2N5O6S. The molecule has 0 radical (unpaired) electrons. The summed E-state index contributed by atoms with van der Waals surface area (Å²) in [5.41, 5.74) is -1.40.